The zero-order valence-electron chi connectivity index (χ0n) is 11.5. The molecule has 7 heteroatoms. The van der Waals surface area contributed by atoms with Gasteiger partial charge in [-0.2, -0.15) is 0 Å². The minimum absolute atomic E-state index is 0.142. The van der Waals surface area contributed by atoms with Crippen LogP contribution < -0.4 is 16.4 Å². The fourth-order valence-electron chi connectivity index (χ4n) is 1.69. The molecule has 3 amide bonds. The number of carbonyl (C=O) groups excluding carboxylic acids is 2. The van der Waals surface area contributed by atoms with E-state index in [2.05, 4.69) is 10.6 Å². The van der Waals surface area contributed by atoms with Crippen LogP contribution in [-0.4, -0.2) is 17.7 Å². The van der Waals surface area contributed by atoms with Gasteiger partial charge >= 0.3 is 6.03 Å². The first-order chi connectivity index (χ1) is 10.5. The van der Waals surface area contributed by atoms with E-state index >= 15 is 0 Å². The number of anilines is 2. The zero-order valence-corrected chi connectivity index (χ0v) is 13.1. The maximum atomic E-state index is 11.9. The minimum Gasteiger partial charge on any atom is -0.351 e. The van der Waals surface area contributed by atoms with Crippen molar-refractivity contribution < 1.29 is 9.59 Å². The van der Waals surface area contributed by atoms with Crippen LogP contribution in [0.2, 0.25) is 5.02 Å². The van der Waals surface area contributed by atoms with Gasteiger partial charge in [0, 0.05) is 21.3 Å². The number of thioether (sulfide) groups is 1. The number of urea groups is 1. The molecule has 0 spiro atoms. The molecule has 0 heterocycles. The number of nitrogens with two attached hydrogens (primary N) is 1. The van der Waals surface area contributed by atoms with Gasteiger partial charge in [-0.1, -0.05) is 17.7 Å². The van der Waals surface area contributed by atoms with Gasteiger partial charge in [0.15, 0.2) is 0 Å². The smallest absolute Gasteiger partial charge is 0.316 e. The van der Waals surface area contributed by atoms with E-state index in [4.69, 9.17) is 17.3 Å². The molecule has 0 aliphatic rings. The number of benzene rings is 2. The molecule has 0 aliphatic carbocycles. The lowest BCUT2D eigenvalue weighted by Gasteiger charge is -2.07. The van der Waals surface area contributed by atoms with Crippen molar-refractivity contribution in [3.8, 4) is 0 Å². The Bertz CT molecular complexity index is 677. The summed E-state index contributed by atoms with van der Waals surface area (Å²) >= 11 is 7.22. The van der Waals surface area contributed by atoms with Crippen LogP contribution in [0.1, 0.15) is 0 Å². The lowest BCUT2D eigenvalue weighted by molar-refractivity contribution is -0.113. The zero-order chi connectivity index (χ0) is 15.9. The number of rotatable bonds is 5. The second-order valence-electron chi connectivity index (χ2n) is 4.36. The Balaban J connectivity index is 1.89. The summed E-state index contributed by atoms with van der Waals surface area (Å²) in [6.07, 6.45) is 0. The Morgan fingerprint density at radius 2 is 1.68 bits per heavy atom. The number of hydrogen-bond donors (Lipinski definition) is 3. The fraction of sp³-hybridized carbons (Fsp3) is 0.0667. The molecular weight excluding hydrogens is 322 g/mol. The molecule has 22 heavy (non-hydrogen) atoms. The average Bonchev–Trinajstić information content (AvgIpc) is 2.46. The standard InChI is InChI=1S/C15H14ClN3O2S/c16-10-4-6-13(7-5-10)22-9-14(20)18-11-2-1-3-12(8-11)19-15(17)21/h1-8H,9H2,(H,18,20)(H3,17,19,21). The molecule has 0 fully saturated rings. The Morgan fingerprint density at radius 3 is 2.32 bits per heavy atom. The van der Waals surface area contributed by atoms with Crippen LogP contribution in [0.3, 0.4) is 0 Å². The van der Waals surface area contributed by atoms with Gasteiger partial charge in [0.2, 0.25) is 5.91 Å². The minimum atomic E-state index is -0.651. The van der Waals surface area contributed by atoms with Gasteiger partial charge in [-0.3, -0.25) is 4.79 Å². The van der Waals surface area contributed by atoms with Gasteiger partial charge in [0.1, 0.15) is 0 Å². The number of hydrogen-bond acceptors (Lipinski definition) is 3. The summed E-state index contributed by atoms with van der Waals surface area (Å²) in [4.78, 5) is 23.7. The van der Waals surface area contributed by atoms with Crippen molar-refractivity contribution in [2.45, 2.75) is 4.90 Å². The van der Waals surface area contributed by atoms with E-state index in [0.29, 0.717) is 16.4 Å². The van der Waals surface area contributed by atoms with Gasteiger partial charge < -0.3 is 16.4 Å². The van der Waals surface area contributed by atoms with Crippen molar-refractivity contribution in [2.24, 2.45) is 5.73 Å². The number of amides is 3. The van der Waals surface area contributed by atoms with Gasteiger partial charge in [-0.15, -0.1) is 11.8 Å². The third kappa shape index (κ3) is 5.31. The van der Waals surface area contributed by atoms with E-state index in [9.17, 15) is 9.59 Å². The van der Waals surface area contributed by atoms with Gasteiger partial charge in [-0.05, 0) is 42.5 Å². The summed E-state index contributed by atoms with van der Waals surface area (Å²) in [6, 6.07) is 13.4. The summed E-state index contributed by atoms with van der Waals surface area (Å²) in [5.41, 5.74) is 6.16. The number of nitrogens with one attached hydrogen (secondary N) is 2. The van der Waals surface area contributed by atoms with E-state index in [1.807, 2.05) is 12.1 Å². The monoisotopic (exact) mass is 335 g/mol. The molecule has 0 saturated heterocycles. The second kappa shape index (κ2) is 7.72. The first-order valence-electron chi connectivity index (χ1n) is 6.37. The molecule has 0 radical (unpaired) electrons. The van der Waals surface area contributed by atoms with Crippen LogP contribution in [0.4, 0.5) is 16.2 Å². The normalized spacial score (nSPS) is 10.0. The first-order valence-corrected chi connectivity index (χ1v) is 7.74. The third-order valence-corrected chi connectivity index (χ3v) is 3.86. The highest BCUT2D eigenvalue weighted by Crippen LogP contribution is 2.21. The van der Waals surface area contributed by atoms with Gasteiger partial charge in [0.05, 0.1) is 5.75 Å². The summed E-state index contributed by atoms with van der Waals surface area (Å²) < 4.78 is 0. The number of halogens is 1. The molecule has 4 N–H and O–H groups in total. The molecule has 2 rings (SSSR count). The van der Waals surface area contributed by atoms with Crippen molar-refractivity contribution in [3.63, 3.8) is 0 Å². The molecule has 2 aromatic carbocycles. The van der Waals surface area contributed by atoms with Gasteiger partial charge in [0.25, 0.3) is 0 Å². The van der Waals surface area contributed by atoms with Crippen LogP contribution in [-0.2, 0) is 4.79 Å². The summed E-state index contributed by atoms with van der Waals surface area (Å²) in [5.74, 6) is 0.130. The van der Waals surface area contributed by atoms with E-state index in [0.717, 1.165) is 4.90 Å². The molecule has 0 aliphatic heterocycles. The largest absolute Gasteiger partial charge is 0.351 e. The Labute approximate surface area is 137 Å². The van der Waals surface area contributed by atoms with Crippen LogP contribution in [0.25, 0.3) is 0 Å². The molecule has 114 valence electrons. The Hall–Kier alpha value is -2.18. The van der Waals surface area contributed by atoms with E-state index < -0.39 is 6.03 Å². The maximum Gasteiger partial charge on any atom is 0.316 e. The third-order valence-electron chi connectivity index (χ3n) is 2.60. The Kier molecular flexibility index (Phi) is 5.68. The highest BCUT2D eigenvalue weighted by Gasteiger charge is 2.05. The molecule has 0 saturated carbocycles. The molecular formula is C15H14ClN3O2S. The number of carbonyl (C=O) groups is 2. The van der Waals surface area contributed by atoms with E-state index in [1.165, 1.54) is 11.8 Å². The van der Waals surface area contributed by atoms with Crippen molar-refractivity contribution in [2.75, 3.05) is 16.4 Å². The molecule has 0 atom stereocenters. The Morgan fingerprint density at radius 1 is 1.05 bits per heavy atom. The quantitative estimate of drug-likeness (QED) is 0.730. The topological polar surface area (TPSA) is 84.2 Å². The van der Waals surface area contributed by atoms with Crippen LogP contribution in [0.15, 0.2) is 53.4 Å². The first kappa shape index (κ1) is 16.2. The lowest BCUT2D eigenvalue weighted by Crippen LogP contribution is -2.19. The lowest BCUT2D eigenvalue weighted by atomic mass is 10.3. The molecule has 2 aromatic rings. The van der Waals surface area contributed by atoms with E-state index in [-0.39, 0.29) is 11.7 Å². The predicted octanol–water partition coefficient (Wildman–Crippen LogP) is 3.56. The fourth-order valence-corrected chi connectivity index (χ4v) is 2.52. The van der Waals surface area contributed by atoms with Crippen molar-refractivity contribution in [1.29, 1.82) is 0 Å². The summed E-state index contributed by atoms with van der Waals surface area (Å²) in [5, 5.41) is 5.87. The van der Waals surface area contributed by atoms with E-state index in [1.54, 1.807) is 36.4 Å². The van der Waals surface area contributed by atoms with Crippen molar-refractivity contribution in [1.82, 2.24) is 0 Å². The highest BCUT2D eigenvalue weighted by molar-refractivity contribution is 8.00. The molecule has 0 unspecified atom stereocenters. The molecule has 0 aromatic heterocycles. The van der Waals surface area contributed by atoms with Gasteiger partial charge in [-0.25, -0.2) is 4.79 Å². The average molecular weight is 336 g/mol. The van der Waals surface area contributed by atoms with Crippen LogP contribution in [0, 0.1) is 0 Å². The van der Waals surface area contributed by atoms with Crippen molar-refractivity contribution >= 4 is 46.7 Å². The van der Waals surface area contributed by atoms with Crippen LogP contribution >= 0.6 is 23.4 Å². The summed E-state index contributed by atoms with van der Waals surface area (Å²) in [7, 11) is 0. The molecule has 5 nitrogen and oxygen atoms in total. The SMILES string of the molecule is NC(=O)Nc1cccc(NC(=O)CSc2ccc(Cl)cc2)c1. The summed E-state index contributed by atoms with van der Waals surface area (Å²) in [6.45, 7) is 0. The number of primary amides is 1. The van der Waals surface area contributed by atoms with Crippen molar-refractivity contribution in [3.05, 3.63) is 53.6 Å². The predicted molar refractivity (Wildman–Crippen MR) is 90.5 cm³/mol. The molecule has 0 bridgehead atoms. The second-order valence-corrected chi connectivity index (χ2v) is 5.85. The van der Waals surface area contributed by atoms with Crippen LogP contribution in [0.5, 0.6) is 0 Å². The highest BCUT2D eigenvalue weighted by atomic mass is 35.5. The maximum absolute atomic E-state index is 11.9.